The Labute approximate surface area is 228 Å². The number of nitrogens with zero attached hydrogens (tertiary/aromatic N) is 1. The van der Waals surface area contributed by atoms with E-state index in [1.807, 2.05) is 18.2 Å². The Bertz CT molecular complexity index is 1180. The highest BCUT2D eigenvalue weighted by Gasteiger charge is 2.23. The summed E-state index contributed by atoms with van der Waals surface area (Å²) in [6.07, 6.45) is 2.04. The molecule has 3 aromatic rings. The molecule has 0 spiro atoms. The Morgan fingerprint density at radius 2 is 1.74 bits per heavy atom. The lowest BCUT2D eigenvalue weighted by atomic mass is 10.00. The molecule has 0 unspecified atom stereocenters. The van der Waals surface area contributed by atoms with Crippen molar-refractivity contribution in [1.82, 2.24) is 15.5 Å². The lowest BCUT2D eigenvalue weighted by Crippen LogP contribution is -2.48. The van der Waals surface area contributed by atoms with Crippen LogP contribution in [0.15, 0.2) is 65.3 Å². The van der Waals surface area contributed by atoms with E-state index >= 15 is 0 Å². The fourth-order valence-electron chi connectivity index (χ4n) is 4.33. The van der Waals surface area contributed by atoms with Gasteiger partial charge in [-0.3, -0.25) is 9.59 Å². The molecule has 1 aromatic heterocycles. The van der Waals surface area contributed by atoms with Gasteiger partial charge in [0.05, 0.1) is 25.0 Å². The van der Waals surface area contributed by atoms with Gasteiger partial charge >= 0.3 is 0 Å². The molecule has 0 saturated carbocycles. The molecule has 39 heavy (non-hydrogen) atoms. The van der Waals surface area contributed by atoms with Crippen LogP contribution in [0.25, 0.3) is 0 Å². The Morgan fingerprint density at radius 1 is 1.00 bits per heavy atom. The zero-order valence-corrected chi connectivity index (χ0v) is 22.5. The monoisotopic (exact) mass is 541 g/mol. The van der Waals surface area contributed by atoms with Crippen molar-refractivity contribution in [2.45, 2.75) is 64.3 Å². The largest absolute Gasteiger partial charge is 0.467 e. The van der Waals surface area contributed by atoms with E-state index in [1.165, 1.54) is 22.6 Å². The van der Waals surface area contributed by atoms with Gasteiger partial charge in [-0.05, 0) is 60.2 Å². The predicted molar refractivity (Wildman–Crippen MR) is 145 cm³/mol. The third-order valence-corrected chi connectivity index (χ3v) is 6.46. The van der Waals surface area contributed by atoms with E-state index in [0.717, 1.165) is 18.1 Å². The van der Waals surface area contributed by atoms with Gasteiger partial charge in [-0.2, -0.15) is 0 Å². The summed E-state index contributed by atoms with van der Waals surface area (Å²) in [5.41, 5.74) is 2.59. The quantitative estimate of drug-likeness (QED) is 0.269. The normalized spacial score (nSPS) is 12.6. The van der Waals surface area contributed by atoms with E-state index in [4.69, 9.17) is 4.42 Å². The van der Waals surface area contributed by atoms with E-state index in [1.54, 1.807) is 25.4 Å². The first kappa shape index (κ1) is 30.0. The summed E-state index contributed by atoms with van der Waals surface area (Å²) >= 11 is 0. The molecule has 3 N–H and O–H groups in total. The van der Waals surface area contributed by atoms with Crippen molar-refractivity contribution in [3.8, 4) is 0 Å². The third-order valence-electron chi connectivity index (χ3n) is 6.46. The van der Waals surface area contributed by atoms with Crippen molar-refractivity contribution >= 4 is 11.8 Å². The number of benzene rings is 2. The molecule has 0 saturated heterocycles. The van der Waals surface area contributed by atoms with Crippen LogP contribution in [0.2, 0.25) is 0 Å². The average molecular weight is 542 g/mol. The number of carbonyl (C=O) groups excluding carboxylic acids is 2. The standard InChI is InChI=1S/C30H37F2N3O4/c1-3-21-7-4-8-22(13-21)18-33-19-28(36)27(16-23-14-24(31)17-25(32)15-23)34-29(37)10-5-11-30(38)35(2)20-26-9-6-12-39-26/h4,6-9,12-15,17,27-28,33,36H,3,5,10-11,16,18-20H2,1-2H3,(H,34,37)/t27-,28+/m0/s1. The fraction of sp³-hybridized carbons (Fsp3) is 0.400. The Kier molecular flexibility index (Phi) is 11.6. The number of aryl methyl sites for hydroxylation is 1. The number of nitrogens with one attached hydrogen (secondary N) is 2. The van der Waals surface area contributed by atoms with Gasteiger partial charge in [0.25, 0.3) is 0 Å². The second-order valence-corrected chi connectivity index (χ2v) is 9.71. The lowest BCUT2D eigenvalue weighted by molar-refractivity contribution is -0.131. The fourth-order valence-corrected chi connectivity index (χ4v) is 4.33. The Balaban J connectivity index is 1.54. The summed E-state index contributed by atoms with van der Waals surface area (Å²) in [6, 6.07) is 14.0. The molecule has 0 bridgehead atoms. The molecular formula is C30H37F2N3O4. The topological polar surface area (TPSA) is 94.8 Å². The third kappa shape index (κ3) is 10.3. The summed E-state index contributed by atoms with van der Waals surface area (Å²) in [5, 5.41) is 16.9. The van der Waals surface area contributed by atoms with Gasteiger partial charge < -0.3 is 25.1 Å². The summed E-state index contributed by atoms with van der Waals surface area (Å²) < 4.78 is 32.8. The number of halogens is 2. The molecule has 210 valence electrons. The molecule has 2 amide bonds. The summed E-state index contributed by atoms with van der Waals surface area (Å²) in [4.78, 5) is 26.7. The molecule has 0 aliphatic rings. The van der Waals surface area contributed by atoms with Crippen LogP contribution in [0, 0.1) is 11.6 Å². The van der Waals surface area contributed by atoms with Crippen LogP contribution in [-0.4, -0.2) is 47.6 Å². The summed E-state index contributed by atoms with van der Waals surface area (Å²) in [7, 11) is 1.67. The van der Waals surface area contributed by atoms with Crippen LogP contribution >= 0.6 is 0 Å². The number of hydrogen-bond acceptors (Lipinski definition) is 5. The number of carbonyl (C=O) groups is 2. The van der Waals surface area contributed by atoms with Crippen molar-refractivity contribution in [2.75, 3.05) is 13.6 Å². The molecule has 0 fully saturated rings. The van der Waals surface area contributed by atoms with Gasteiger partial charge in [0.2, 0.25) is 11.8 Å². The molecular weight excluding hydrogens is 504 g/mol. The Morgan fingerprint density at radius 3 is 2.44 bits per heavy atom. The zero-order valence-electron chi connectivity index (χ0n) is 22.5. The maximum absolute atomic E-state index is 13.8. The first-order valence-electron chi connectivity index (χ1n) is 13.2. The van der Waals surface area contributed by atoms with Crippen LogP contribution < -0.4 is 10.6 Å². The molecule has 1 heterocycles. The van der Waals surface area contributed by atoms with Gasteiger partial charge in [-0.25, -0.2) is 8.78 Å². The van der Waals surface area contributed by atoms with Gasteiger partial charge in [-0.1, -0.05) is 31.2 Å². The molecule has 2 aromatic carbocycles. The van der Waals surface area contributed by atoms with Crippen molar-refractivity contribution in [1.29, 1.82) is 0 Å². The van der Waals surface area contributed by atoms with Gasteiger partial charge in [-0.15, -0.1) is 0 Å². The molecule has 0 aliphatic carbocycles. The highest BCUT2D eigenvalue weighted by molar-refractivity contribution is 5.79. The second-order valence-electron chi connectivity index (χ2n) is 9.71. The number of aliphatic hydroxyl groups is 1. The molecule has 9 heteroatoms. The number of furan rings is 1. The number of aliphatic hydroxyl groups excluding tert-OH is 1. The SMILES string of the molecule is CCc1cccc(CNC[C@@H](O)[C@H](Cc2cc(F)cc(F)c2)NC(=O)CCCC(=O)N(C)Cc2ccco2)c1. The van der Waals surface area contributed by atoms with Crippen LogP contribution in [0.4, 0.5) is 8.78 Å². The van der Waals surface area contributed by atoms with Crippen LogP contribution in [0.1, 0.15) is 48.6 Å². The molecule has 0 radical (unpaired) electrons. The number of amides is 2. The maximum Gasteiger partial charge on any atom is 0.222 e. The molecule has 0 aliphatic heterocycles. The molecule has 3 rings (SSSR count). The number of hydrogen-bond donors (Lipinski definition) is 3. The highest BCUT2D eigenvalue weighted by Crippen LogP contribution is 2.13. The first-order valence-corrected chi connectivity index (χ1v) is 13.2. The molecule has 2 atom stereocenters. The molecule has 7 nitrogen and oxygen atoms in total. The summed E-state index contributed by atoms with van der Waals surface area (Å²) in [6.45, 7) is 3.10. The second kappa shape index (κ2) is 15.1. The van der Waals surface area contributed by atoms with Crippen molar-refractivity contribution in [3.05, 3.63) is 94.9 Å². The first-order chi connectivity index (χ1) is 18.7. The lowest BCUT2D eigenvalue weighted by Gasteiger charge is -2.25. The van der Waals surface area contributed by atoms with E-state index in [9.17, 15) is 23.5 Å². The van der Waals surface area contributed by atoms with Gasteiger partial charge in [0.15, 0.2) is 0 Å². The number of rotatable bonds is 15. The summed E-state index contributed by atoms with van der Waals surface area (Å²) in [5.74, 6) is -1.26. The van der Waals surface area contributed by atoms with Crippen LogP contribution in [-0.2, 0) is 35.5 Å². The highest BCUT2D eigenvalue weighted by atomic mass is 19.1. The van der Waals surface area contributed by atoms with Crippen molar-refractivity contribution in [3.63, 3.8) is 0 Å². The minimum absolute atomic E-state index is 0.0411. The van der Waals surface area contributed by atoms with E-state index in [2.05, 4.69) is 23.6 Å². The zero-order chi connectivity index (χ0) is 28.2. The van der Waals surface area contributed by atoms with E-state index in [0.29, 0.717) is 30.8 Å². The minimum atomic E-state index is -1.02. The van der Waals surface area contributed by atoms with Crippen molar-refractivity contribution in [2.24, 2.45) is 0 Å². The van der Waals surface area contributed by atoms with Crippen molar-refractivity contribution < 1.29 is 27.9 Å². The van der Waals surface area contributed by atoms with Gasteiger partial charge in [0, 0.05) is 39.0 Å². The maximum atomic E-state index is 13.8. The predicted octanol–water partition coefficient (Wildman–Crippen LogP) is 4.13. The van der Waals surface area contributed by atoms with E-state index in [-0.39, 0.29) is 37.6 Å². The smallest absolute Gasteiger partial charge is 0.222 e. The minimum Gasteiger partial charge on any atom is -0.467 e. The van der Waals surface area contributed by atoms with Crippen LogP contribution in [0.5, 0.6) is 0 Å². The van der Waals surface area contributed by atoms with Crippen LogP contribution in [0.3, 0.4) is 0 Å². The van der Waals surface area contributed by atoms with E-state index < -0.39 is 23.8 Å². The van der Waals surface area contributed by atoms with Gasteiger partial charge in [0.1, 0.15) is 17.4 Å². The average Bonchev–Trinajstić information content (AvgIpc) is 3.40. The Hall–Kier alpha value is -3.56.